The summed E-state index contributed by atoms with van der Waals surface area (Å²) < 4.78 is 0. The summed E-state index contributed by atoms with van der Waals surface area (Å²) in [5.41, 5.74) is -1.03. The Kier molecular flexibility index (Phi) is 2.66. The minimum absolute atomic E-state index is 0.388. The molecule has 0 saturated carbocycles. The van der Waals surface area contributed by atoms with E-state index in [-0.39, 0.29) is 0 Å². The SMILES string of the molecule is CC(C=O)[C@@]1(C(=O)O)C=CC=CC1. The largest absolute Gasteiger partial charge is 0.481 e. The van der Waals surface area contributed by atoms with Crippen molar-refractivity contribution in [1.29, 1.82) is 0 Å². The van der Waals surface area contributed by atoms with Crippen molar-refractivity contribution in [3.05, 3.63) is 24.3 Å². The van der Waals surface area contributed by atoms with Crippen molar-refractivity contribution in [3.8, 4) is 0 Å². The number of hydrogen-bond donors (Lipinski definition) is 1. The molecule has 0 fully saturated rings. The van der Waals surface area contributed by atoms with Gasteiger partial charge in [0.15, 0.2) is 0 Å². The number of hydrogen-bond acceptors (Lipinski definition) is 2. The van der Waals surface area contributed by atoms with Gasteiger partial charge in [-0.1, -0.05) is 31.2 Å². The molecule has 0 aromatic carbocycles. The van der Waals surface area contributed by atoms with E-state index in [0.717, 1.165) is 0 Å². The van der Waals surface area contributed by atoms with Crippen molar-refractivity contribution in [2.75, 3.05) is 0 Å². The molecule has 1 aliphatic carbocycles. The van der Waals surface area contributed by atoms with Gasteiger partial charge in [-0.3, -0.25) is 4.79 Å². The maximum absolute atomic E-state index is 11.0. The molecule has 0 aromatic rings. The van der Waals surface area contributed by atoms with E-state index in [1.54, 1.807) is 31.2 Å². The zero-order valence-electron chi connectivity index (χ0n) is 7.43. The summed E-state index contributed by atoms with van der Waals surface area (Å²) in [7, 11) is 0. The second kappa shape index (κ2) is 3.56. The van der Waals surface area contributed by atoms with E-state index < -0.39 is 17.3 Å². The van der Waals surface area contributed by atoms with Gasteiger partial charge in [0.1, 0.15) is 6.29 Å². The Morgan fingerprint density at radius 1 is 1.62 bits per heavy atom. The van der Waals surface area contributed by atoms with Gasteiger partial charge in [0.2, 0.25) is 0 Å². The molecule has 0 saturated heterocycles. The van der Waals surface area contributed by atoms with Crippen LogP contribution >= 0.6 is 0 Å². The average molecular weight is 180 g/mol. The first-order valence-corrected chi connectivity index (χ1v) is 4.16. The number of aldehydes is 1. The van der Waals surface area contributed by atoms with Gasteiger partial charge in [-0.15, -0.1) is 0 Å². The molecule has 0 aliphatic heterocycles. The van der Waals surface area contributed by atoms with Crippen LogP contribution in [0.5, 0.6) is 0 Å². The van der Waals surface area contributed by atoms with Crippen LogP contribution in [0.2, 0.25) is 0 Å². The molecule has 0 aromatic heterocycles. The third kappa shape index (κ3) is 1.54. The van der Waals surface area contributed by atoms with E-state index in [0.29, 0.717) is 12.7 Å². The molecule has 1 aliphatic rings. The Morgan fingerprint density at radius 2 is 2.31 bits per heavy atom. The number of rotatable bonds is 3. The van der Waals surface area contributed by atoms with Crippen LogP contribution in [0.3, 0.4) is 0 Å². The third-order valence-corrected chi connectivity index (χ3v) is 2.51. The Bertz CT molecular complexity index is 278. The summed E-state index contributed by atoms with van der Waals surface area (Å²) in [6, 6.07) is 0. The first kappa shape index (κ1) is 9.71. The fraction of sp³-hybridized carbons (Fsp3) is 0.400. The average Bonchev–Trinajstić information content (AvgIpc) is 2.17. The molecule has 2 atom stereocenters. The number of carbonyl (C=O) groups is 2. The summed E-state index contributed by atoms with van der Waals surface area (Å²) in [5, 5.41) is 9.05. The summed E-state index contributed by atoms with van der Waals surface area (Å²) in [6.07, 6.45) is 7.91. The molecule has 0 spiro atoms. The Morgan fingerprint density at radius 3 is 2.69 bits per heavy atom. The number of aliphatic carboxylic acids is 1. The van der Waals surface area contributed by atoms with E-state index in [1.807, 2.05) is 0 Å². The summed E-state index contributed by atoms with van der Waals surface area (Å²) in [6.45, 7) is 1.63. The van der Waals surface area contributed by atoms with E-state index in [9.17, 15) is 9.59 Å². The van der Waals surface area contributed by atoms with Gasteiger partial charge in [0.05, 0.1) is 5.41 Å². The smallest absolute Gasteiger partial charge is 0.314 e. The van der Waals surface area contributed by atoms with Crippen molar-refractivity contribution in [1.82, 2.24) is 0 Å². The summed E-state index contributed by atoms with van der Waals surface area (Å²) in [4.78, 5) is 21.6. The van der Waals surface area contributed by atoms with Gasteiger partial charge in [0, 0.05) is 5.92 Å². The molecule has 1 N–H and O–H groups in total. The summed E-state index contributed by atoms with van der Waals surface area (Å²) >= 11 is 0. The van der Waals surface area contributed by atoms with Gasteiger partial charge in [0.25, 0.3) is 0 Å². The third-order valence-electron chi connectivity index (χ3n) is 2.51. The maximum Gasteiger partial charge on any atom is 0.314 e. The Hall–Kier alpha value is -1.38. The molecule has 1 rings (SSSR count). The fourth-order valence-corrected chi connectivity index (χ4v) is 1.45. The first-order chi connectivity index (χ1) is 6.13. The lowest BCUT2D eigenvalue weighted by Gasteiger charge is -2.29. The van der Waals surface area contributed by atoms with Gasteiger partial charge in [-0.2, -0.15) is 0 Å². The molecular weight excluding hydrogens is 168 g/mol. The van der Waals surface area contributed by atoms with Gasteiger partial charge >= 0.3 is 5.97 Å². The molecule has 3 nitrogen and oxygen atoms in total. The van der Waals surface area contributed by atoms with Crippen molar-refractivity contribution < 1.29 is 14.7 Å². The van der Waals surface area contributed by atoms with Gasteiger partial charge in [-0.25, -0.2) is 0 Å². The highest BCUT2D eigenvalue weighted by Gasteiger charge is 2.40. The van der Waals surface area contributed by atoms with E-state index in [1.165, 1.54) is 0 Å². The van der Waals surface area contributed by atoms with Crippen molar-refractivity contribution >= 4 is 12.3 Å². The minimum Gasteiger partial charge on any atom is -0.481 e. The monoisotopic (exact) mass is 180 g/mol. The molecule has 70 valence electrons. The van der Waals surface area contributed by atoms with Crippen LogP contribution in [-0.2, 0) is 9.59 Å². The maximum atomic E-state index is 11.0. The van der Waals surface area contributed by atoms with Gasteiger partial charge in [-0.05, 0) is 6.42 Å². The number of carboxylic acids is 1. The lowest BCUT2D eigenvalue weighted by Crippen LogP contribution is -2.36. The predicted octanol–water partition coefficient (Wildman–Crippen LogP) is 1.41. The van der Waals surface area contributed by atoms with Crippen molar-refractivity contribution in [3.63, 3.8) is 0 Å². The Labute approximate surface area is 76.8 Å². The zero-order chi connectivity index (χ0) is 9.90. The standard InChI is InChI=1S/C10H12O3/c1-8(7-11)10(9(12)13)5-3-2-4-6-10/h2-5,7-8H,6H2,1H3,(H,12,13)/t8?,10-/m1/s1. The lowest BCUT2D eigenvalue weighted by molar-refractivity contribution is -0.150. The molecule has 3 heteroatoms. The molecule has 0 bridgehead atoms. The molecule has 0 amide bonds. The van der Waals surface area contributed by atoms with Crippen LogP contribution in [0.1, 0.15) is 13.3 Å². The van der Waals surface area contributed by atoms with Crippen LogP contribution in [-0.4, -0.2) is 17.4 Å². The highest BCUT2D eigenvalue weighted by Crippen LogP contribution is 2.35. The van der Waals surface area contributed by atoms with Crippen LogP contribution < -0.4 is 0 Å². The van der Waals surface area contributed by atoms with E-state index in [4.69, 9.17) is 5.11 Å². The predicted molar refractivity (Wildman–Crippen MR) is 48.2 cm³/mol. The van der Waals surface area contributed by atoms with Gasteiger partial charge < -0.3 is 9.90 Å². The summed E-state index contributed by atoms with van der Waals surface area (Å²) in [5.74, 6) is -1.43. The number of carbonyl (C=O) groups excluding carboxylic acids is 1. The van der Waals surface area contributed by atoms with Crippen LogP contribution in [0.25, 0.3) is 0 Å². The fourth-order valence-electron chi connectivity index (χ4n) is 1.45. The lowest BCUT2D eigenvalue weighted by atomic mass is 9.72. The first-order valence-electron chi connectivity index (χ1n) is 4.16. The molecule has 0 radical (unpaired) electrons. The quantitative estimate of drug-likeness (QED) is 0.668. The van der Waals surface area contributed by atoms with Crippen LogP contribution in [0.4, 0.5) is 0 Å². The molecular formula is C10H12O3. The number of allylic oxidation sites excluding steroid dienone is 3. The second-order valence-corrected chi connectivity index (χ2v) is 3.26. The van der Waals surface area contributed by atoms with E-state index in [2.05, 4.69) is 0 Å². The van der Waals surface area contributed by atoms with Crippen molar-refractivity contribution in [2.24, 2.45) is 11.3 Å². The van der Waals surface area contributed by atoms with E-state index >= 15 is 0 Å². The number of carboxylic acid groups (broad SMARTS) is 1. The van der Waals surface area contributed by atoms with Crippen LogP contribution in [0, 0.1) is 11.3 Å². The normalized spacial score (nSPS) is 28.4. The highest BCUT2D eigenvalue weighted by atomic mass is 16.4. The molecule has 13 heavy (non-hydrogen) atoms. The Balaban J connectivity index is 3.01. The van der Waals surface area contributed by atoms with Crippen molar-refractivity contribution in [2.45, 2.75) is 13.3 Å². The minimum atomic E-state index is -1.03. The second-order valence-electron chi connectivity index (χ2n) is 3.26. The molecule has 1 unspecified atom stereocenters. The highest BCUT2D eigenvalue weighted by molar-refractivity contribution is 5.82. The molecule has 0 heterocycles. The van der Waals surface area contributed by atoms with Crippen LogP contribution in [0.15, 0.2) is 24.3 Å². The zero-order valence-corrected chi connectivity index (χ0v) is 7.43. The topological polar surface area (TPSA) is 54.4 Å².